The molecule has 1 amide bonds. The number of carbonyl (C=O) groups is 1. The van der Waals surface area contributed by atoms with Crippen LogP contribution in [-0.4, -0.2) is 10.9 Å². The summed E-state index contributed by atoms with van der Waals surface area (Å²) < 4.78 is 26.8. The number of hydrogen-bond donors (Lipinski definition) is 1. The monoisotopic (exact) mass is 457 g/mol. The van der Waals surface area contributed by atoms with Crippen LogP contribution >= 0.6 is 39.1 Å². The summed E-state index contributed by atoms with van der Waals surface area (Å²) in [6, 6.07) is 11.2. The molecule has 0 saturated carbocycles. The standard InChI is InChI=1S/C19H12BrCl2F2NO/c20-14-9-17(24)16(23)8-13(14)18(26)25-19(22)7-6-12(15(21)10-19)11-4-2-1-3-5-11/h1-6,8-10H,7H2,(H,25,26). The van der Waals surface area contributed by atoms with Crippen molar-refractivity contribution in [2.24, 2.45) is 0 Å². The molecule has 1 atom stereocenters. The van der Waals surface area contributed by atoms with Crippen molar-refractivity contribution in [3.05, 3.63) is 86.9 Å². The minimum absolute atomic E-state index is 0.0636. The smallest absolute Gasteiger partial charge is 0.254 e. The van der Waals surface area contributed by atoms with E-state index in [0.29, 0.717) is 5.03 Å². The van der Waals surface area contributed by atoms with E-state index in [9.17, 15) is 13.6 Å². The third-order valence-electron chi connectivity index (χ3n) is 3.88. The van der Waals surface area contributed by atoms with E-state index in [1.54, 1.807) is 0 Å². The molecule has 0 spiro atoms. The highest BCUT2D eigenvalue weighted by molar-refractivity contribution is 9.10. The Morgan fingerprint density at radius 2 is 1.81 bits per heavy atom. The Morgan fingerprint density at radius 3 is 2.46 bits per heavy atom. The number of nitrogens with one attached hydrogen (secondary N) is 1. The topological polar surface area (TPSA) is 29.1 Å². The molecule has 3 rings (SSSR count). The van der Waals surface area contributed by atoms with Gasteiger partial charge in [-0.1, -0.05) is 59.6 Å². The average molecular weight is 459 g/mol. The van der Waals surface area contributed by atoms with Crippen molar-refractivity contribution < 1.29 is 13.6 Å². The van der Waals surface area contributed by atoms with Gasteiger partial charge in [0, 0.05) is 15.9 Å². The second kappa shape index (κ2) is 7.51. The van der Waals surface area contributed by atoms with E-state index in [1.165, 1.54) is 6.08 Å². The van der Waals surface area contributed by atoms with Gasteiger partial charge in [0.25, 0.3) is 5.91 Å². The maximum atomic E-state index is 13.4. The number of alkyl halides is 1. The average Bonchev–Trinajstić information content (AvgIpc) is 2.58. The van der Waals surface area contributed by atoms with Crippen molar-refractivity contribution in [1.29, 1.82) is 0 Å². The SMILES string of the molecule is O=C(NC1(Cl)C=C(Cl)C(c2ccccc2)=CC1)c1cc(F)c(F)cc1Br. The third-order valence-corrected chi connectivity index (χ3v) is 5.20. The lowest BCUT2D eigenvalue weighted by Gasteiger charge is -2.28. The summed E-state index contributed by atoms with van der Waals surface area (Å²) in [5.74, 6) is -2.82. The van der Waals surface area contributed by atoms with Gasteiger partial charge in [0.15, 0.2) is 11.6 Å². The van der Waals surface area contributed by atoms with E-state index in [0.717, 1.165) is 23.3 Å². The fourth-order valence-corrected chi connectivity index (χ4v) is 3.79. The first-order valence-corrected chi connectivity index (χ1v) is 9.14. The molecule has 1 aliphatic carbocycles. The molecule has 0 aromatic heterocycles. The lowest BCUT2D eigenvalue weighted by atomic mass is 9.96. The molecule has 1 N–H and O–H groups in total. The van der Waals surface area contributed by atoms with Gasteiger partial charge in [-0.05, 0) is 45.3 Å². The number of amides is 1. The van der Waals surface area contributed by atoms with Gasteiger partial charge in [0.1, 0.15) is 5.00 Å². The molecule has 0 radical (unpaired) electrons. The van der Waals surface area contributed by atoms with E-state index >= 15 is 0 Å². The van der Waals surface area contributed by atoms with Crippen molar-refractivity contribution >= 4 is 50.6 Å². The summed E-state index contributed by atoms with van der Waals surface area (Å²) in [7, 11) is 0. The Bertz CT molecular complexity index is 931. The number of hydrogen-bond acceptors (Lipinski definition) is 1. The number of benzene rings is 2. The Hall–Kier alpha value is -1.69. The summed E-state index contributed by atoms with van der Waals surface area (Å²) in [6.45, 7) is 0. The van der Waals surface area contributed by atoms with Gasteiger partial charge in [-0.15, -0.1) is 0 Å². The molecule has 2 aromatic carbocycles. The highest BCUT2D eigenvalue weighted by atomic mass is 79.9. The third kappa shape index (κ3) is 4.00. The second-order valence-corrected chi connectivity index (χ2v) is 7.68. The molecule has 0 aliphatic heterocycles. The molecular weight excluding hydrogens is 447 g/mol. The van der Waals surface area contributed by atoms with Gasteiger partial charge in [0.05, 0.1) is 5.56 Å². The molecular formula is C19H12BrCl2F2NO. The lowest BCUT2D eigenvalue weighted by molar-refractivity contribution is 0.0936. The van der Waals surface area contributed by atoms with Crippen LogP contribution in [0.1, 0.15) is 22.3 Å². The fraction of sp³-hybridized carbons (Fsp3) is 0.105. The first-order chi connectivity index (χ1) is 12.3. The Labute approximate surface area is 167 Å². The molecule has 2 nitrogen and oxygen atoms in total. The fourth-order valence-electron chi connectivity index (χ4n) is 2.60. The number of halogens is 5. The molecule has 26 heavy (non-hydrogen) atoms. The van der Waals surface area contributed by atoms with Gasteiger partial charge in [-0.3, -0.25) is 4.79 Å². The van der Waals surface area contributed by atoms with E-state index in [-0.39, 0.29) is 16.5 Å². The molecule has 1 aliphatic rings. The minimum atomic E-state index is -1.27. The normalized spacial score (nSPS) is 19.6. The molecule has 0 bridgehead atoms. The summed E-state index contributed by atoms with van der Waals surface area (Å²) in [4.78, 5) is 11.2. The van der Waals surface area contributed by atoms with Crippen LogP contribution in [0.3, 0.4) is 0 Å². The Balaban J connectivity index is 1.82. The van der Waals surface area contributed by atoms with Crippen LogP contribution in [0.4, 0.5) is 8.78 Å². The van der Waals surface area contributed by atoms with Crippen LogP contribution in [0.5, 0.6) is 0 Å². The van der Waals surface area contributed by atoms with E-state index in [1.807, 2.05) is 36.4 Å². The minimum Gasteiger partial charge on any atom is -0.330 e. The van der Waals surface area contributed by atoms with E-state index in [2.05, 4.69) is 21.2 Å². The summed E-state index contributed by atoms with van der Waals surface area (Å²) in [6.07, 6.45) is 3.64. The molecule has 2 aromatic rings. The van der Waals surface area contributed by atoms with E-state index < -0.39 is 22.5 Å². The van der Waals surface area contributed by atoms with Crippen LogP contribution in [0.2, 0.25) is 0 Å². The zero-order chi connectivity index (χ0) is 18.9. The van der Waals surface area contributed by atoms with Gasteiger partial charge in [-0.25, -0.2) is 8.78 Å². The number of allylic oxidation sites excluding steroid dienone is 2. The van der Waals surface area contributed by atoms with Gasteiger partial charge in [-0.2, -0.15) is 0 Å². The zero-order valence-electron chi connectivity index (χ0n) is 13.2. The van der Waals surface area contributed by atoms with Crippen LogP contribution in [0.25, 0.3) is 5.57 Å². The highest BCUT2D eigenvalue weighted by Crippen LogP contribution is 2.37. The summed E-state index contributed by atoms with van der Waals surface area (Å²) in [5, 5.41) is 2.99. The quantitative estimate of drug-likeness (QED) is 0.341. The molecule has 0 saturated heterocycles. The van der Waals surface area contributed by atoms with Crippen molar-refractivity contribution in [1.82, 2.24) is 5.32 Å². The highest BCUT2D eigenvalue weighted by Gasteiger charge is 2.31. The Kier molecular flexibility index (Phi) is 5.51. The zero-order valence-corrected chi connectivity index (χ0v) is 16.3. The maximum absolute atomic E-state index is 13.4. The maximum Gasteiger partial charge on any atom is 0.254 e. The predicted molar refractivity (Wildman–Crippen MR) is 103 cm³/mol. The largest absolute Gasteiger partial charge is 0.330 e. The molecule has 0 heterocycles. The number of rotatable bonds is 3. The molecule has 1 unspecified atom stereocenters. The van der Waals surface area contributed by atoms with Crippen LogP contribution < -0.4 is 5.32 Å². The number of carbonyl (C=O) groups excluding carboxylic acids is 1. The van der Waals surface area contributed by atoms with Crippen molar-refractivity contribution in [3.8, 4) is 0 Å². The van der Waals surface area contributed by atoms with Gasteiger partial charge < -0.3 is 5.32 Å². The van der Waals surface area contributed by atoms with Crippen molar-refractivity contribution in [2.45, 2.75) is 11.4 Å². The molecule has 7 heteroatoms. The molecule has 134 valence electrons. The van der Waals surface area contributed by atoms with Crippen LogP contribution in [0, 0.1) is 11.6 Å². The van der Waals surface area contributed by atoms with Crippen molar-refractivity contribution in [2.75, 3.05) is 0 Å². The Morgan fingerprint density at radius 1 is 1.15 bits per heavy atom. The molecule has 0 fully saturated rings. The summed E-state index contributed by atoms with van der Waals surface area (Å²) in [5.41, 5.74) is 1.68. The first-order valence-electron chi connectivity index (χ1n) is 7.59. The van der Waals surface area contributed by atoms with Crippen LogP contribution in [0.15, 0.2) is 64.1 Å². The van der Waals surface area contributed by atoms with Crippen molar-refractivity contribution in [3.63, 3.8) is 0 Å². The van der Waals surface area contributed by atoms with E-state index in [4.69, 9.17) is 23.2 Å². The first kappa shape index (κ1) is 19.1. The predicted octanol–water partition coefficient (Wildman–Crippen LogP) is 6.00. The lowest BCUT2D eigenvalue weighted by Crippen LogP contribution is -2.43. The van der Waals surface area contributed by atoms with Gasteiger partial charge in [0.2, 0.25) is 0 Å². The van der Waals surface area contributed by atoms with Crippen LogP contribution in [-0.2, 0) is 0 Å². The van der Waals surface area contributed by atoms with Gasteiger partial charge >= 0.3 is 0 Å². The summed E-state index contributed by atoms with van der Waals surface area (Å²) >= 11 is 15.9. The second-order valence-electron chi connectivity index (χ2n) is 5.74.